The first kappa shape index (κ1) is 14.6. The van der Waals surface area contributed by atoms with Crippen molar-refractivity contribution >= 4 is 11.9 Å². The molecule has 0 radical (unpaired) electrons. The lowest BCUT2D eigenvalue weighted by atomic mass is 10.1. The summed E-state index contributed by atoms with van der Waals surface area (Å²) in [5.74, 6) is -1.38. The second-order valence-corrected chi connectivity index (χ2v) is 4.47. The minimum Gasteiger partial charge on any atom is -0.489 e. The van der Waals surface area contributed by atoms with Crippen LogP contribution >= 0.6 is 0 Å². The first-order valence-corrected chi connectivity index (χ1v) is 6.31. The van der Waals surface area contributed by atoms with Crippen molar-refractivity contribution in [3.8, 4) is 5.75 Å². The highest BCUT2D eigenvalue weighted by Gasteiger charge is 2.08. The number of carboxylic acid groups (broad SMARTS) is 2. The second-order valence-electron chi connectivity index (χ2n) is 4.47. The zero-order valence-corrected chi connectivity index (χ0v) is 11.2. The average Bonchev–Trinajstić information content (AvgIpc) is 2.46. The number of carboxylic acids is 2. The van der Waals surface area contributed by atoms with Gasteiger partial charge in [0.2, 0.25) is 0 Å². The fraction of sp³-hybridized carbons (Fsp3) is 0.125. The molecule has 0 saturated carbocycles. The maximum Gasteiger partial charge on any atom is 0.335 e. The predicted octanol–water partition coefficient (Wildman–Crippen LogP) is 2.59. The van der Waals surface area contributed by atoms with Crippen molar-refractivity contribution in [3.63, 3.8) is 0 Å². The molecule has 0 bridgehead atoms. The van der Waals surface area contributed by atoms with Crippen LogP contribution in [-0.4, -0.2) is 22.2 Å². The minimum atomic E-state index is -0.978. The largest absolute Gasteiger partial charge is 0.489 e. The molecule has 0 aromatic heterocycles. The summed E-state index contributed by atoms with van der Waals surface area (Å²) < 4.78 is 5.61. The summed E-state index contributed by atoms with van der Waals surface area (Å²) in [7, 11) is 0. The number of benzene rings is 2. The molecule has 108 valence electrons. The summed E-state index contributed by atoms with van der Waals surface area (Å²) in [6.07, 6.45) is -0.103. The predicted molar refractivity (Wildman–Crippen MR) is 75.5 cm³/mol. The highest BCUT2D eigenvalue weighted by Crippen LogP contribution is 2.20. The second kappa shape index (κ2) is 6.56. The van der Waals surface area contributed by atoms with Crippen LogP contribution in [0.4, 0.5) is 0 Å². The van der Waals surface area contributed by atoms with Crippen LogP contribution in [0.1, 0.15) is 21.5 Å². The van der Waals surface area contributed by atoms with E-state index in [4.69, 9.17) is 14.9 Å². The Morgan fingerprint density at radius 2 is 1.62 bits per heavy atom. The van der Waals surface area contributed by atoms with E-state index in [2.05, 4.69) is 0 Å². The van der Waals surface area contributed by atoms with Gasteiger partial charge in [0.25, 0.3) is 0 Å². The molecule has 21 heavy (non-hydrogen) atoms. The van der Waals surface area contributed by atoms with E-state index in [9.17, 15) is 9.59 Å². The van der Waals surface area contributed by atoms with Gasteiger partial charge in [0.15, 0.2) is 0 Å². The maximum absolute atomic E-state index is 10.8. The first-order valence-electron chi connectivity index (χ1n) is 6.31. The number of aromatic carboxylic acids is 1. The summed E-state index contributed by atoms with van der Waals surface area (Å²) >= 11 is 0. The van der Waals surface area contributed by atoms with Gasteiger partial charge in [-0.1, -0.05) is 30.3 Å². The van der Waals surface area contributed by atoms with Crippen molar-refractivity contribution in [1.82, 2.24) is 0 Å². The van der Waals surface area contributed by atoms with Crippen molar-refractivity contribution in [2.24, 2.45) is 0 Å². The molecule has 5 heteroatoms. The molecule has 0 aliphatic heterocycles. The Kier molecular flexibility index (Phi) is 4.56. The van der Waals surface area contributed by atoms with Crippen LogP contribution in [0.25, 0.3) is 0 Å². The summed E-state index contributed by atoms with van der Waals surface area (Å²) in [6.45, 7) is 0.247. The number of para-hydroxylation sites is 1. The smallest absolute Gasteiger partial charge is 0.335 e. The maximum atomic E-state index is 10.8. The molecule has 0 heterocycles. The Labute approximate surface area is 121 Å². The van der Waals surface area contributed by atoms with Gasteiger partial charge in [-0.25, -0.2) is 4.79 Å². The third-order valence-electron chi connectivity index (χ3n) is 2.91. The lowest BCUT2D eigenvalue weighted by Crippen LogP contribution is -2.04. The summed E-state index contributed by atoms with van der Waals surface area (Å²) in [4.78, 5) is 21.5. The van der Waals surface area contributed by atoms with E-state index < -0.39 is 11.9 Å². The normalized spacial score (nSPS) is 10.1. The molecular weight excluding hydrogens is 272 g/mol. The summed E-state index contributed by atoms with van der Waals surface area (Å²) in [6, 6.07) is 13.3. The summed E-state index contributed by atoms with van der Waals surface area (Å²) in [5.41, 5.74) is 1.63. The van der Waals surface area contributed by atoms with E-state index >= 15 is 0 Å². The molecule has 0 amide bonds. The number of hydrogen-bond donors (Lipinski definition) is 2. The quantitative estimate of drug-likeness (QED) is 0.852. The van der Waals surface area contributed by atoms with E-state index in [1.54, 1.807) is 36.4 Å². The average molecular weight is 286 g/mol. The van der Waals surface area contributed by atoms with Crippen molar-refractivity contribution in [3.05, 3.63) is 65.2 Å². The fourth-order valence-corrected chi connectivity index (χ4v) is 1.86. The molecule has 0 unspecified atom stereocenters. The van der Waals surface area contributed by atoms with Gasteiger partial charge in [0, 0.05) is 5.56 Å². The molecule has 0 aliphatic carbocycles. The van der Waals surface area contributed by atoms with Crippen LogP contribution in [0.2, 0.25) is 0 Å². The highest BCUT2D eigenvalue weighted by atomic mass is 16.5. The van der Waals surface area contributed by atoms with Crippen LogP contribution in [0, 0.1) is 0 Å². The van der Waals surface area contributed by atoms with Gasteiger partial charge < -0.3 is 14.9 Å². The molecule has 2 aromatic carbocycles. The minimum absolute atomic E-state index is 0.103. The van der Waals surface area contributed by atoms with Gasteiger partial charge in [-0.15, -0.1) is 0 Å². The van der Waals surface area contributed by atoms with Crippen molar-refractivity contribution in [2.45, 2.75) is 13.0 Å². The van der Waals surface area contributed by atoms with E-state index in [1.165, 1.54) is 12.1 Å². The molecule has 0 aliphatic rings. The Hall–Kier alpha value is -2.82. The molecule has 2 N–H and O–H groups in total. The molecule has 2 aromatic rings. The van der Waals surface area contributed by atoms with Gasteiger partial charge in [0.05, 0.1) is 12.0 Å². The third-order valence-corrected chi connectivity index (χ3v) is 2.91. The molecule has 5 nitrogen and oxygen atoms in total. The van der Waals surface area contributed by atoms with Crippen LogP contribution in [-0.2, 0) is 17.8 Å². The number of ether oxygens (including phenoxy) is 1. The van der Waals surface area contributed by atoms with Gasteiger partial charge in [-0.2, -0.15) is 0 Å². The number of hydrogen-bond acceptors (Lipinski definition) is 3. The zero-order valence-electron chi connectivity index (χ0n) is 11.2. The SMILES string of the molecule is O=C(O)Cc1ccccc1OCc1ccc(C(=O)O)cc1. The van der Waals surface area contributed by atoms with Crippen molar-refractivity contribution in [2.75, 3.05) is 0 Å². The Balaban J connectivity index is 2.06. The monoisotopic (exact) mass is 286 g/mol. The Morgan fingerprint density at radius 3 is 2.24 bits per heavy atom. The zero-order chi connectivity index (χ0) is 15.2. The van der Waals surface area contributed by atoms with E-state index in [0.717, 1.165) is 5.56 Å². The molecule has 0 atom stereocenters. The van der Waals surface area contributed by atoms with Crippen LogP contribution < -0.4 is 4.74 Å². The van der Waals surface area contributed by atoms with Gasteiger partial charge in [-0.05, 0) is 23.8 Å². The Bertz CT molecular complexity index is 646. The third kappa shape index (κ3) is 4.07. The molecule has 0 fully saturated rings. The lowest BCUT2D eigenvalue weighted by Gasteiger charge is -2.10. The van der Waals surface area contributed by atoms with Crippen LogP contribution in [0.3, 0.4) is 0 Å². The van der Waals surface area contributed by atoms with Crippen LogP contribution in [0.15, 0.2) is 48.5 Å². The van der Waals surface area contributed by atoms with Gasteiger partial charge in [0.1, 0.15) is 12.4 Å². The first-order chi connectivity index (χ1) is 10.1. The van der Waals surface area contributed by atoms with Crippen LogP contribution in [0.5, 0.6) is 5.75 Å². The highest BCUT2D eigenvalue weighted by molar-refractivity contribution is 5.87. The molecular formula is C16H14O5. The molecule has 0 saturated heterocycles. The van der Waals surface area contributed by atoms with E-state index in [-0.39, 0.29) is 18.6 Å². The van der Waals surface area contributed by atoms with E-state index in [1.807, 2.05) is 0 Å². The van der Waals surface area contributed by atoms with E-state index in [0.29, 0.717) is 11.3 Å². The fourth-order valence-electron chi connectivity index (χ4n) is 1.86. The topological polar surface area (TPSA) is 83.8 Å². The Morgan fingerprint density at radius 1 is 0.952 bits per heavy atom. The number of aliphatic carboxylic acids is 1. The standard InChI is InChI=1S/C16H14O5/c17-15(18)9-13-3-1-2-4-14(13)21-10-11-5-7-12(8-6-11)16(19)20/h1-8H,9-10H2,(H,17,18)(H,19,20). The number of carbonyl (C=O) groups is 2. The van der Waals surface area contributed by atoms with Gasteiger partial charge in [-0.3, -0.25) is 4.79 Å². The van der Waals surface area contributed by atoms with Crippen molar-refractivity contribution < 1.29 is 24.5 Å². The van der Waals surface area contributed by atoms with Crippen molar-refractivity contribution in [1.29, 1.82) is 0 Å². The lowest BCUT2D eigenvalue weighted by molar-refractivity contribution is -0.136. The molecule has 2 rings (SSSR count). The summed E-state index contributed by atoms with van der Waals surface area (Å²) in [5, 5.41) is 17.7. The van der Waals surface area contributed by atoms with Gasteiger partial charge >= 0.3 is 11.9 Å². The molecule has 0 spiro atoms. The number of rotatable bonds is 6.